The molecule has 1 aromatic rings. The van der Waals surface area contributed by atoms with E-state index in [4.69, 9.17) is 10.5 Å². The minimum Gasteiger partial charge on any atom is -0.465 e. The van der Waals surface area contributed by atoms with Crippen molar-refractivity contribution >= 4 is 17.3 Å². The van der Waals surface area contributed by atoms with Crippen LogP contribution < -0.4 is 11.1 Å². The summed E-state index contributed by atoms with van der Waals surface area (Å²) in [4.78, 5) is 11.5. The lowest BCUT2D eigenvalue weighted by atomic mass is 9.70. The van der Waals surface area contributed by atoms with Crippen LogP contribution in [0.25, 0.3) is 0 Å². The van der Waals surface area contributed by atoms with Gasteiger partial charge in [0.05, 0.1) is 24.0 Å². The van der Waals surface area contributed by atoms with Gasteiger partial charge in [-0.05, 0) is 48.8 Å². The van der Waals surface area contributed by atoms with Gasteiger partial charge in [0.25, 0.3) is 0 Å². The smallest absolute Gasteiger partial charge is 0.337 e. The second kappa shape index (κ2) is 5.96. The third kappa shape index (κ3) is 3.90. The zero-order chi connectivity index (χ0) is 15.6. The van der Waals surface area contributed by atoms with Crippen molar-refractivity contribution in [3.05, 3.63) is 23.8 Å². The molecule has 1 aliphatic rings. The van der Waals surface area contributed by atoms with Crippen molar-refractivity contribution in [3.8, 4) is 0 Å². The molecule has 1 saturated carbocycles. The number of nitrogens with two attached hydrogens (primary N) is 1. The van der Waals surface area contributed by atoms with Gasteiger partial charge in [-0.15, -0.1) is 0 Å². The van der Waals surface area contributed by atoms with Crippen LogP contribution in [0, 0.1) is 11.3 Å². The summed E-state index contributed by atoms with van der Waals surface area (Å²) >= 11 is 0. The molecule has 0 amide bonds. The van der Waals surface area contributed by atoms with E-state index in [-0.39, 0.29) is 5.97 Å². The summed E-state index contributed by atoms with van der Waals surface area (Å²) in [7, 11) is 1.37. The average molecular weight is 290 g/mol. The molecular weight excluding hydrogens is 264 g/mol. The first-order chi connectivity index (χ1) is 9.80. The van der Waals surface area contributed by atoms with Gasteiger partial charge in [-0.3, -0.25) is 0 Å². The topological polar surface area (TPSA) is 64.3 Å². The molecule has 0 unspecified atom stereocenters. The summed E-state index contributed by atoms with van der Waals surface area (Å²) in [6.07, 6.45) is 3.55. The van der Waals surface area contributed by atoms with Crippen LogP contribution in [0.2, 0.25) is 0 Å². The van der Waals surface area contributed by atoms with Crippen molar-refractivity contribution in [2.45, 2.75) is 46.1 Å². The molecular formula is C17H26N2O2. The Kier molecular flexibility index (Phi) is 4.45. The zero-order valence-electron chi connectivity index (χ0n) is 13.4. The SMILES string of the molecule is COC(=O)c1ccc(N[C@@H]2C[C@@H](C)CC(C)(C)C2)c(N)c1. The molecule has 0 heterocycles. The molecule has 0 spiro atoms. The van der Waals surface area contributed by atoms with Gasteiger partial charge in [0.15, 0.2) is 0 Å². The highest BCUT2D eigenvalue weighted by Gasteiger charge is 2.32. The minimum atomic E-state index is -0.360. The summed E-state index contributed by atoms with van der Waals surface area (Å²) in [6, 6.07) is 5.72. The average Bonchev–Trinajstić information content (AvgIpc) is 2.37. The van der Waals surface area contributed by atoms with Gasteiger partial charge in [-0.2, -0.15) is 0 Å². The summed E-state index contributed by atoms with van der Waals surface area (Å²) in [5.74, 6) is 0.350. The molecule has 0 saturated heterocycles. The zero-order valence-corrected chi connectivity index (χ0v) is 13.4. The van der Waals surface area contributed by atoms with E-state index in [0.717, 1.165) is 18.5 Å². The Labute approximate surface area is 127 Å². The predicted molar refractivity (Wildman–Crippen MR) is 86.4 cm³/mol. The first kappa shape index (κ1) is 15.7. The van der Waals surface area contributed by atoms with Gasteiger partial charge in [-0.25, -0.2) is 4.79 Å². The third-order valence-electron chi connectivity index (χ3n) is 4.22. The van der Waals surface area contributed by atoms with Gasteiger partial charge >= 0.3 is 5.97 Å². The fourth-order valence-corrected chi connectivity index (χ4v) is 3.61. The quantitative estimate of drug-likeness (QED) is 0.658. The second-order valence-corrected chi connectivity index (χ2v) is 7.05. The number of carbonyl (C=O) groups excluding carboxylic acids is 1. The van der Waals surface area contributed by atoms with Crippen molar-refractivity contribution in [1.29, 1.82) is 0 Å². The van der Waals surface area contributed by atoms with E-state index in [0.29, 0.717) is 28.6 Å². The Hall–Kier alpha value is -1.71. The number of ether oxygens (including phenoxy) is 1. The molecule has 2 atom stereocenters. The highest BCUT2D eigenvalue weighted by atomic mass is 16.5. The Balaban J connectivity index is 2.11. The number of esters is 1. The second-order valence-electron chi connectivity index (χ2n) is 7.05. The number of hydrogen-bond acceptors (Lipinski definition) is 4. The lowest BCUT2D eigenvalue weighted by Gasteiger charge is -2.39. The number of benzene rings is 1. The van der Waals surface area contributed by atoms with Gasteiger partial charge in [0.1, 0.15) is 0 Å². The van der Waals surface area contributed by atoms with E-state index in [1.165, 1.54) is 13.5 Å². The fourth-order valence-electron chi connectivity index (χ4n) is 3.61. The molecule has 0 radical (unpaired) electrons. The van der Waals surface area contributed by atoms with Gasteiger partial charge < -0.3 is 15.8 Å². The molecule has 1 aromatic carbocycles. The molecule has 0 bridgehead atoms. The minimum absolute atomic E-state index is 0.357. The molecule has 4 nitrogen and oxygen atoms in total. The molecule has 0 aromatic heterocycles. The van der Waals surface area contributed by atoms with Crippen molar-refractivity contribution in [2.24, 2.45) is 11.3 Å². The maximum Gasteiger partial charge on any atom is 0.337 e. The first-order valence-electron chi connectivity index (χ1n) is 7.55. The number of hydrogen-bond donors (Lipinski definition) is 2. The number of anilines is 2. The van der Waals surface area contributed by atoms with Crippen molar-refractivity contribution in [2.75, 3.05) is 18.2 Å². The van der Waals surface area contributed by atoms with Crippen LogP contribution in [0.4, 0.5) is 11.4 Å². The van der Waals surface area contributed by atoms with Gasteiger partial charge in [-0.1, -0.05) is 20.8 Å². The highest BCUT2D eigenvalue weighted by Crippen LogP contribution is 2.40. The summed E-state index contributed by atoms with van der Waals surface area (Å²) in [5.41, 5.74) is 8.40. The molecule has 0 aliphatic heterocycles. The maximum absolute atomic E-state index is 11.5. The monoisotopic (exact) mass is 290 g/mol. The van der Waals surface area contributed by atoms with E-state index < -0.39 is 0 Å². The van der Waals surface area contributed by atoms with Crippen LogP contribution in [0.3, 0.4) is 0 Å². The molecule has 116 valence electrons. The van der Waals surface area contributed by atoms with Crippen LogP contribution in [0.1, 0.15) is 50.4 Å². The number of rotatable bonds is 3. The standard InChI is InChI=1S/C17H26N2O2/c1-11-7-13(10-17(2,3)9-11)19-15-6-5-12(8-14(15)18)16(20)21-4/h5-6,8,11,13,19H,7,9-10,18H2,1-4H3/t11-,13-/m1/s1. The Morgan fingerprint density at radius 2 is 2.10 bits per heavy atom. The van der Waals surface area contributed by atoms with Crippen molar-refractivity contribution in [3.63, 3.8) is 0 Å². The molecule has 1 fully saturated rings. The van der Waals surface area contributed by atoms with Gasteiger partial charge in [0, 0.05) is 6.04 Å². The lowest BCUT2D eigenvalue weighted by Crippen LogP contribution is -2.35. The molecule has 21 heavy (non-hydrogen) atoms. The normalized spacial score (nSPS) is 24.4. The van der Waals surface area contributed by atoms with Crippen LogP contribution in [0.5, 0.6) is 0 Å². The summed E-state index contributed by atoms with van der Waals surface area (Å²) < 4.78 is 4.71. The van der Waals surface area contributed by atoms with E-state index in [9.17, 15) is 4.79 Å². The van der Waals surface area contributed by atoms with E-state index in [1.807, 2.05) is 6.07 Å². The first-order valence-corrected chi connectivity index (χ1v) is 7.55. The van der Waals surface area contributed by atoms with Crippen LogP contribution >= 0.6 is 0 Å². The number of methoxy groups -OCH3 is 1. The lowest BCUT2D eigenvalue weighted by molar-refractivity contribution is 0.0601. The predicted octanol–water partition coefficient (Wildman–Crippen LogP) is 3.68. The number of carbonyl (C=O) groups is 1. The van der Waals surface area contributed by atoms with Gasteiger partial charge in [0.2, 0.25) is 0 Å². The Morgan fingerprint density at radius 3 is 2.67 bits per heavy atom. The Bertz CT molecular complexity index is 526. The largest absolute Gasteiger partial charge is 0.465 e. The van der Waals surface area contributed by atoms with E-state index in [2.05, 4.69) is 26.1 Å². The van der Waals surface area contributed by atoms with E-state index >= 15 is 0 Å². The number of nitrogen functional groups attached to an aromatic ring is 1. The highest BCUT2D eigenvalue weighted by molar-refractivity contribution is 5.91. The summed E-state index contributed by atoms with van der Waals surface area (Å²) in [5, 5.41) is 3.54. The molecule has 3 N–H and O–H groups in total. The van der Waals surface area contributed by atoms with Crippen molar-refractivity contribution < 1.29 is 9.53 Å². The summed E-state index contributed by atoms with van der Waals surface area (Å²) in [6.45, 7) is 6.95. The molecule has 1 aliphatic carbocycles. The number of nitrogens with one attached hydrogen (secondary N) is 1. The van der Waals surface area contributed by atoms with E-state index in [1.54, 1.807) is 12.1 Å². The van der Waals surface area contributed by atoms with Crippen LogP contribution in [-0.2, 0) is 4.74 Å². The molecule has 2 rings (SSSR count). The fraction of sp³-hybridized carbons (Fsp3) is 0.588. The van der Waals surface area contributed by atoms with Crippen LogP contribution in [-0.4, -0.2) is 19.1 Å². The van der Waals surface area contributed by atoms with Crippen molar-refractivity contribution in [1.82, 2.24) is 0 Å². The Morgan fingerprint density at radius 1 is 1.38 bits per heavy atom. The third-order valence-corrected chi connectivity index (χ3v) is 4.22. The van der Waals surface area contributed by atoms with Crippen LogP contribution in [0.15, 0.2) is 18.2 Å². The maximum atomic E-state index is 11.5. The molecule has 4 heteroatoms.